The molecule has 2 aliphatic rings. The third kappa shape index (κ3) is 4.41. The van der Waals surface area contributed by atoms with Crippen molar-refractivity contribution in [2.45, 2.75) is 13.5 Å². The molecule has 2 unspecified atom stereocenters. The molecule has 2 aromatic heterocycles. The topological polar surface area (TPSA) is 87.5 Å². The summed E-state index contributed by atoms with van der Waals surface area (Å²) in [6.45, 7) is 5.53. The molecule has 0 radical (unpaired) electrons. The van der Waals surface area contributed by atoms with Gasteiger partial charge in [0.15, 0.2) is 0 Å². The highest BCUT2D eigenvalue weighted by molar-refractivity contribution is 6.31. The molecule has 2 amide bonds. The Morgan fingerprint density at radius 1 is 1.15 bits per heavy atom. The van der Waals surface area contributed by atoms with Gasteiger partial charge in [-0.3, -0.25) is 9.69 Å². The van der Waals surface area contributed by atoms with E-state index in [1.807, 2.05) is 23.1 Å². The van der Waals surface area contributed by atoms with Gasteiger partial charge in [0.05, 0.1) is 23.8 Å². The number of anilines is 1. The molecule has 2 atom stereocenters. The quantitative estimate of drug-likeness (QED) is 0.571. The van der Waals surface area contributed by atoms with Gasteiger partial charge in [0.1, 0.15) is 6.33 Å². The number of likely N-dealkylation sites (tertiary alicyclic amines) is 2. The Morgan fingerprint density at radius 2 is 1.91 bits per heavy atom. The normalized spacial score (nSPS) is 19.9. The van der Waals surface area contributed by atoms with Crippen LogP contribution in [-0.4, -0.2) is 74.7 Å². The van der Waals surface area contributed by atoms with Crippen LogP contribution in [0.15, 0.2) is 49.2 Å². The maximum atomic E-state index is 12.9. The standard InChI is InChI=1S/C24H26ClN7O2/c1-16(33)29(2)21-8-28-32(14-21)24(34)31-12-19-10-30(11-20(19)13-31)9-18-4-3-17(7-22(18)25)23-5-6-26-15-27-23/h3-8,14-15,19-20H,9-13H2,1-2H3. The van der Waals surface area contributed by atoms with Crippen LogP contribution in [0, 0.1) is 11.8 Å². The van der Waals surface area contributed by atoms with Crippen molar-refractivity contribution in [3.8, 4) is 11.3 Å². The predicted molar refractivity (Wildman–Crippen MR) is 128 cm³/mol. The Morgan fingerprint density at radius 3 is 2.56 bits per heavy atom. The molecule has 0 bridgehead atoms. The van der Waals surface area contributed by atoms with Gasteiger partial charge in [0.2, 0.25) is 5.91 Å². The van der Waals surface area contributed by atoms with Crippen LogP contribution >= 0.6 is 11.6 Å². The minimum atomic E-state index is -0.146. The molecular formula is C24H26ClN7O2. The smallest absolute Gasteiger partial charge is 0.322 e. The van der Waals surface area contributed by atoms with Crippen LogP contribution in [0.25, 0.3) is 11.3 Å². The molecule has 34 heavy (non-hydrogen) atoms. The highest BCUT2D eigenvalue weighted by atomic mass is 35.5. The molecule has 2 saturated heterocycles. The number of fused-ring (bicyclic) bond motifs is 1. The molecule has 1 aromatic carbocycles. The lowest BCUT2D eigenvalue weighted by molar-refractivity contribution is -0.116. The molecule has 2 fully saturated rings. The van der Waals surface area contributed by atoms with E-state index in [0.717, 1.165) is 41.5 Å². The van der Waals surface area contributed by atoms with Crippen molar-refractivity contribution in [2.75, 3.05) is 38.1 Å². The number of aromatic nitrogens is 4. The van der Waals surface area contributed by atoms with Crippen LogP contribution in [-0.2, 0) is 11.3 Å². The van der Waals surface area contributed by atoms with E-state index < -0.39 is 0 Å². The molecule has 176 valence electrons. The number of amides is 2. The maximum absolute atomic E-state index is 12.9. The van der Waals surface area contributed by atoms with E-state index in [0.29, 0.717) is 30.6 Å². The zero-order chi connectivity index (χ0) is 23.8. The monoisotopic (exact) mass is 479 g/mol. The second-order valence-corrected chi connectivity index (χ2v) is 9.43. The summed E-state index contributed by atoms with van der Waals surface area (Å²) in [7, 11) is 1.67. The van der Waals surface area contributed by atoms with Crippen molar-refractivity contribution in [3.05, 3.63) is 59.8 Å². The van der Waals surface area contributed by atoms with Gasteiger partial charge in [0.25, 0.3) is 0 Å². The lowest BCUT2D eigenvalue weighted by Gasteiger charge is -2.22. The van der Waals surface area contributed by atoms with Crippen LogP contribution in [0.2, 0.25) is 5.02 Å². The third-order valence-electron chi connectivity index (χ3n) is 6.78. The molecule has 10 heteroatoms. The Bertz CT molecular complexity index is 1200. The summed E-state index contributed by atoms with van der Waals surface area (Å²) in [4.78, 5) is 38.5. The second kappa shape index (κ2) is 9.15. The van der Waals surface area contributed by atoms with E-state index >= 15 is 0 Å². The average Bonchev–Trinajstić information content (AvgIpc) is 3.55. The Hall–Kier alpha value is -3.30. The van der Waals surface area contributed by atoms with Crippen molar-refractivity contribution in [2.24, 2.45) is 11.8 Å². The van der Waals surface area contributed by atoms with Gasteiger partial charge < -0.3 is 9.80 Å². The zero-order valence-electron chi connectivity index (χ0n) is 19.1. The summed E-state index contributed by atoms with van der Waals surface area (Å²) in [6, 6.07) is 7.79. The number of carbonyl (C=O) groups excluding carboxylic acids is 2. The molecule has 9 nitrogen and oxygen atoms in total. The number of nitrogens with zero attached hydrogens (tertiary/aromatic N) is 7. The van der Waals surface area contributed by atoms with Crippen LogP contribution in [0.3, 0.4) is 0 Å². The third-order valence-corrected chi connectivity index (χ3v) is 7.13. The maximum Gasteiger partial charge on any atom is 0.344 e. The summed E-state index contributed by atoms with van der Waals surface area (Å²) in [5, 5.41) is 4.90. The van der Waals surface area contributed by atoms with Crippen molar-refractivity contribution >= 4 is 29.2 Å². The summed E-state index contributed by atoms with van der Waals surface area (Å²) in [6.07, 6.45) is 6.40. The van der Waals surface area contributed by atoms with Gasteiger partial charge in [-0.2, -0.15) is 9.78 Å². The molecule has 3 aromatic rings. The van der Waals surface area contributed by atoms with Crippen LogP contribution in [0.5, 0.6) is 0 Å². The first-order valence-corrected chi connectivity index (χ1v) is 11.6. The lowest BCUT2D eigenvalue weighted by Crippen LogP contribution is -2.36. The zero-order valence-corrected chi connectivity index (χ0v) is 19.9. The van der Waals surface area contributed by atoms with E-state index in [2.05, 4.69) is 26.0 Å². The SMILES string of the molecule is CC(=O)N(C)c1cnn(C(=O)N2CC3CN(Cc4ccc(-c5ccncn5)cc4Cl)CC3C2)c1. The highest BCUT2D eigenvalue weighted by Crippen LogP contribution is 2.33. The van der Waals surface area contributed by atoms with Crippen molar-refractivity contribution < 1.29 is 9.59 Å². The molecule has 4 heterocycles. The van der Waals surface area contributed by atoms with Gasteiger partial charge in [-0.15, -0.1) is 0 Å². The number of halogens is 1. The van der Waals surface area contributed by atoms with Gasteiger partial charge >= 0.3 is 6.03 Å². The molecule has 0 spiro atoms. The van der Waals surface area contributed by atoms with Crippen LogP contribution < -0.4 is 4.90 Å². The molecule has 5 rings (SSSR count). The van der Waals surface area contributed by atoms with Gasteiger partial charge in [-0.1, -0.05) is 23.7 Å². The Balaban J connectivity index is 1.18. The highest BCUT2D eigenvalue weighted by Gasteiger charge is 2.42. The number of hydrogen-bond donors (Lipinski definition) is 0. The van der Waals surface area contributed by atoms with Crippen molar-refractivity contribution in [3.63, 3.8) is 0 Å². The first kappa shape index (κ1) is 22.5. The van der Waals surface area contributed by atoms with E-state index in [1.54, 1.807) is 19.4 Å². The van der Waals surface area contributed by atoms with Crippen molar-refractivity contribution in [1.29, 1.82) is 0 Å². The minimum Gasteiger partial charge on any atom is -0.322 e. The average molecular weight is 480 g/mol. The van der Waals surface area contributed by atoms with E-state index in [4.69, 9.17) is 11.6 Å². The first-order chi connectivity index (χ1) is 16.4. The lowest BCUT2D eigenvalue weighted by atomic mass is 10.0. The van der Waals surface area contributed by atoms with Gasteiger partial charge in [0, 0.05) is 63.5 Å². The predicted octanol–water partition coefficient (Wildman–Crippen LogP) is 3.01. The van der Waals surface area contributed by atoms with E-state index in [1.165, 1.54) is 29.0 Å². The minimum absolute atomic E-state index is 0.105. The molecule has 0 saturated carbocycles. The van der Waals surface area contributed by atoms with Crippen LogP contribution in [0.4, 0.5) is 10.5 Å². The fraction of sp³-hybridized carbons (Fsp3) is 0.375. The Labute approximate surface area is 203 Å². The van der Waals surface area contributed by atoms with Gasteiger partial charge in [-0.25, -0.2) is 14.8 Å². The Kier molecular flexibility index (Phi) is 6.05. The number of benzene rings is 1. The van der Waals surface area contributed by atoms with Crippen LogP contribution in [0.1, 0.15) is 12.5 Å². The molecular weight excluding hydrogens is 454 g/mol. The summed E-state index contributed by atoms with van der Waals surface area (Å²) >= 11 is 6.60. The summed E-state index contributed by atoms with van der Waals surface area (Å²) in [5.74, 6) is 0.752. The van der Waals surface area contributed by atoms with E-state index in [-0.39, 0.29) is 11.9 Å². The fourth-order valence-corrected chi connectivity index (χ4v) is 5.07. The summed E-state index contributed by atoms with van der Waals surface area (Å²) in [5.41, 5.74) is 3.51. The van der Waals surface area contributed by atoms with Gasteiger partial charge in [-0.05, 0) is 29.5 Å². The van der Waals surface area contributed by atoms with E-state index in [9.17, 15) is 9.59 Å². The van der Waals surface area contributed by atoms with Crippen molar-refractivity contribution in [1.82, 2.24) is 29.5 Å². The molecule has 0 aliphatic carbocycles. The number of carbonyl (C=O) groups is 2. The number of rotatable bonds is 4. The largest absolute Gasteiger partial charge is 0.344 e. The first-order valence-electron chi connectivity index (χ1n) is 11.2. The fourth-order valence-electron chi connectivity index (χ4n) is 4.83. The number of hydrogen-bond acceptors (Lipinski definition) is 6. The molecule has 0 N–H and O–H groups in total. The second-order valence-electron chi connectivity index (χ2n) is 9.02. The summed E-state index contributed by atoms with van der Waals surface area (Å²) < 4.78 is 1.33. The molecule has 2 aliphatic heterocycles.